The lowest BCUT2D eigenvalue weighted by molar-refractivity contribution is 0.0959. The van der Waals surface area contributed by atoms with Gasteiger partial charge in [0.2, 0.25) is 0 Å². The van der Waals surface area contributed by atoms with Crippen LogP contribution in [0.25, 0.3) is 0 Å². The summed E-state index contributed by atoms with van der Waals surface area (Å²) in [6.07, 6.45) is 6.21. The third-order valence-electron chi connectivity index (χ3n) is 4.50. The summed E-state index contributed by atoms with van der Waals surface area (Å²) in [5.74, 6) is 0. The van der Waals surface area contributed by atoms with E-state index in [2.05, 4.69) is 43.0 Å². The Hall–Kier alpha value is -0.860. The molecule has 1 saturated heterocycles. The summed E-state index contributed by atoms with van der Waals surface area (Å²) in [4.78, 5) is 2.64. The first-order valence-electron chi connectivity index (χ1n) is 7.84. The van der Waals surface area contributed by atoms with Gasteiger partial charge in [-0.05, 0) is 43.4 Å². The van der Waals surface area contributed by atoms with Crippen LogP contribution in [0.4, 0.5) is 0 Å². The van der Waals surface area contributed by atoms with Gasteiger partial charge in [-0.1, -0.05) is 44.5 Å². The Morgan fingerprint density at radius 1 is 1.21 bits per heavy atom. The first-order valence-corrected chi connectivity index (χ1v) is 7.84. The number of aryl methyl sites for hydroxylation is 1. The highest BCUT2D eigenvalue weighted by Crippen LogP contribution is 2.30. The zero-order valence-electron chi connectivity index (χ0n) is 12.4. The lowest BCUT2D eigenvalue weighted by Gasteiger charge is -2.41. The molecule has 0 aromatic heterocycles. The normalized spacial score (nSPS) is 22.4. The quantitative estimate of drug-likeness (QED) is 0.878. The van der Waals surface area contributed by atoms with E-state index in [0.717, 1.165) is 13.0 Å². The fraction of sp³-hybridized carbons (Fsp3) is 0.647. The molecular formula is C17H28N2. The van der Waals surface area contributed by atoms with Gasteiger partial charge in [-0.2, -0.15) is 0 Å². The third kappa shape index (κ3) is 3.37. The smallest absolute Gasteiger partial charge is 0.0348 e. The Labute approximate surface area is 118 Å². The zero-order valence-corrected chi connectivity index (χ0v) is 12.4. The maximum Gasteiger partial charge on any atom is 0.0348 e. The molecule has 1 aromatic rings. The average molecular weight is 260 g/mol. The molecular weight excluding hydrogens is 232 g/mol. The number of benzene rings is 1. The SMILES string of the molecule is CCc1ccc(C(CC)N2CCCCC2CN)cc1. The van der Waals surface area contributed by atoms with E-state index >= 15 is 0 Å². The second-order valence-corrected chi connectivity index (χ2v) is 5.64. The van der Waals surface area contributed by atoms with E-state index in [9.17, 15) is 0 Å². The molecule has 1 heterocycles. The van der Waals surface area contributed by atoms with Crippen LogP contribution >= 0.6 is 0 Å². The van der Waals surface area contributed by atoms with Crippen molar-refractivity contribution in [2.45, 2.75) is 58.0 Å². The van der Waals surface area contributed by atoms with Crippen molar-refractivity contribution in [3.63, 3.8) is 0 Å². The van der Waals surface area contributed by atoms with Gasteiger partial charge in [0.05, 0.1) is 0 Å². The van der Waals surface area contributed by atoms with Crippen molar-refractivity contribution in [3.8, 4) is 0 Å². The number of hydrogen-bond acceptors (Lipinski definition) is 2. The zero-order chi connectivity index (χ0) is 13.7. The molecule has 2 N–H and O–H groups in total. The molecule has 0 spiro atoms. The lowest BCUT2D eigenvalue weighted by Crippen LogP contribution is -2.45. The maximum absolute atomic E-state index is 5.97. The van der Waals surface area contributed by atoms with Gasteiger partial charge in [-0.15, -0.1) is 0 Å². The molecule has 1 aliphatic heterocycles. The topological polar surface area (TPSA) is 29.3 Å². The van der Waals surface area contributed by atoms with Crippen molar-refractivity contribution in [3.05, 3.63) is 35.4 Å². The molecule has 106 valence electrons. The van der Waals surface area contributed by atoms with Gasteiger partial charge in [0.15, 0.2) is 0 Å². The summed E-state index contributed by atoms with van der Waals surface area (Å²) in [7, 11) is 0. The fourth-order valence-corrected chi connectivity index (χ4v) is 3.32. The molecule has 0 saturated carbocycles. The Bertz CT molecular complexity index is 371. The highest BCUT2D eigenvalue weighted by molar-refractivity contribution is 5.25. The summed E-state index contributed by atoms with van der Waals surface area (Å²) in [5, 5.41) is 0. The van der Waals surface area contributed by atoms with Crippen LogP contribution in [0.5, 0.6) is 0 Å². The summed E-state index contributed by atoms with van der Waals surface area (Å²) in [5.41, 5.74) is 8.85. The summed E-state index contributed by atoms with van der Waals surface area (Å²) in [6.45, 7) is 6.50. The number of nitrogens with two attached hydrogens (primary N) is 1. The first-order chi connectivity index (χ1) is 9.30. The minimum Gasteiger partial charge on any atom is -0.329 e. The van der Waals surface area contributed by atoms with E-state index in [1.165, 1.54) is 43.4 Å². The Morgan fingerprint density at radius 2 is 1.95 bits per heavy atom. The van der Waals surface area contributed by atoms with E-state index in [1.807, 2.05) is 0 Å². The molecule has 1 aromatic carbocycles. The second kappa shape index (κ2) is 7.06. The van der Waals surface area contributed by atoms with Gasteiger partial charge in [-0.3, -0.25) is 4.90 Å². The largest absolute Gasteiger partial charge is 0.329 e. The van der Waals surface area contributed by atoms with E-state index < -0.39 is 0 Å². The first kappa shape index (κ1) is 14.5. The predicted octanol–water partition coefficient (Wildman–Crippen LogP) is 3.51. The second-order valence-electron chi connectivity index (χ2n) is 5.64. The van der Waals surface area contributed by atoms with Crippen LogP contribution in [0.2, 0.25) is 0 Å². The molecule has 2 unspecified atom stereocenters. The number of rotatable bonds is 5. The molecule has 2 rings (SSSR count). The van der Waals surface area contributed by atoms with Crippen molar-refractivity contribution in [2.24, 2.45) is 5.73 Å². The highest BCUT2D eigenvalue weighted by atomic mass is 15.2. The Kier molecular flexibility index (Phi) is 5.41. The van der Waals surface area contributed by atoms with E-state index in [4.69, 9.17) is 5.73 Å². The van der Waals surface area contributed by atoms with E-state index in [1.54, 1.807) is 0 Å². The Balaban J connectivity index is 2.17. The van der Waals surface area contributed by atoms with Gasteiger partial charge in [0.1, 0.15) is 0 Å². The van der Waals surface area contributed by atoms with Crippen molar-refractivity contribution in [2.75, 3.05) is 13.1 Å². The van der Waals surface area contributed by atoms with E-state index in [-0.39, 0.29) is 0 Å². The van der Waals surface area contributed by atoms with Crippen molar-refractivity contribution < 1.29 is 0 Å². The molecule has 0 bridgehead atoms. The van der Waals surface area contributed by atoms with E-state index in [0.29, 0.717) is 12.1 Å². The number of nitrogens with zero attached hydrogens (tertiary/aromatic N) is 1. The molecule has 0 amide bonds. The molecule has 0 radical (unpaired) electrons. The van der Waals surface area contributed by atoms with Crippen LogP contribution in [-0.4, -0.2) is 24.0 Å². The molecule has 1 aliphatic rings. The molecule has 19 heavy (non-hydrogen) atoms. The number of piperidine rings is 1. The molecule has 0 aliphatic carbocycles. The number of hydrogen-bond donors (Lipinski definition) is 1. The predicted molar refractivity (Wildman–Crippen MR) is 82.3 cm³/mol. The average Bonchev–Trinajstić information content (AvgIpc) is 2.49. The van der Waals surface area contributed by atoms with Crippen LogP contribution in [-0.2, 0) is 6.42 Å². The van der Waals surface area contributed by atoms with Gasteiger partial charge >= 0.3 is 0 Å². The van der Waals surface area contributed by atoms with Crippen LogP contribution in [0, 0.1) is 0 Å². The summed E-state index contributed by atoms with van der Waals surface area (Å²) < 4.78 is 0. The highest BCUT2D eigenvalue weighted by Gasteiger charge is 2.27. The summed E-state index contributed by atoms with van der Waals surface area (Å²) >= 11 is 0. The molecule has 1 fully saturated rings. The molecule has 2 heteroatoms. The van der Waals surface area contributed by atoms with Crippen LogP contribution < -0.4 is 5.73 Å². The van der Waals surface area contributed by atoms with Crippen LogP contribution in [0.1, 0.15) is 56.7 Å². The van der Waals surface area contributed by atoms with Crippen molar-refractivity contribution >= 4 is 0 Å². The molecule has 2 nitrogen and oxygen atoms in total. The maximum atomic E-state index is 5.97. The monoisotopic (exact) mass is 260 g/mol. The fourth-order valence-electron chi connectivity index (χ4n) is 3.32. The van der Waals surface area contributed by atoms with Crippen molar-refractivity contribution in [1.82, 2.24) is 4.90 Å². The molecule has 2 atom stereocenters. The standard InChI is InChI=1S/C17H28N2/c1-3-14-8-10-15(11-9-14)17(4-2)19-12-6-5-7-16(19)13-18/h8-11,16-17H,3-7,12-13,18H2,1-2H3. The van der Waals surface area contributed by atoms with Gasteiger partial charge in [-0.25, -0.2) is 0 Å². The number of likely N-dealkylation sites (tertiary alicyclic amines) is 1. The van der Waals surface area contributed by atoms with Gasteiger partial charge < -0.3 is 5.73 Å². The lowest BCUT2D eigenvalue weighted by atomic mass is 9.94. The minimum absolute atomic E-state index is 0.541. The van der Waals surface area contributed by atoms with Gasteiger partial charge in [0.25, 0.3) is 0 Å². The minimum atomic E-state index is 0.541. The van der Waals surface area contributed by atoms with Crippen LogP contribution in [0.15, 0.2) is 24.3 Å². The third-order valence-corrected chi connectivity index (χ3v) is 4.50. The van der Waals surface area contributed by atoms with Crippen molar-refractivity contribution in [1.29, 1.82) is 0 Å². The van der Waals surface area contributed by atoms with Crippen LogP contribution in [0.3, 0.4) is 0 Å². The Morgan fingerprint density at radius 3 is 2.53 bits per heavy atom. The summed E-state index contributed by atoms with van der Waals surface area (Å²) in [6, 6.07) is 10.3. The van der Waals surface area contributed by atoms with Gasteiger partial charge in [0, 0.05) is 18.6 Å².